The number of nitrogens with one attached hydrogen (secondary N) is 1. The SMILES string of the molecule is CC(C)C(NN)c1cccc(F)c1F. The first-order valence-corrected chi connectivity index (χ1v) is 4.48. The molecule has 1 aromatic rings. The second-order valence-electron chi connectivity index (χ2n) is 3.53. The first kappa shape index (κ1) is 11.1. The van der Waals surface area contributed by atoms with Gasteiger partial charge in [-0.25, -0.2) is 8.78 Å². The lowest BCUT2D eigenvalue weighted by Gasteiger charge is -2.20. The molecule has 14 heavy (non-hydrogen) atoms. The molecule has 2 nitrogen and oxygen atoms in total. The van der Waals surface area contributed by atoms with Crippen molar-refractivity contribution in [2.24, 2.45) is 11.8 Å². The molecule has 1 unspecified atom stereocenters. The van der Waals surface area contributed by atoms with E-state index in [1.807, 2.05) is 13.8 Å². The van der Waals surface area contributed by atoms with Gasteiger partial charge in [0.15, 0.2) is 11.6 Å². The highest BCUT2D eigenvalue weighted by atomic mass is 19.2. The van der Waals surface area contributed by atoms with E-state index in [0.717, 1.165) is 6.07 Å². The van der Waals surface area contributed by atoms with Crippen molar-refractivity contribution in [3.8, 4) is 0 Å². The van der Waals surface area contributed by atoms with Gasteiger partial charge in [-0.15, -0.1) is 0 Å². The fourth-order valence-electron chi connectivity index (χ4n) is 1.40. The molecule has 0 spiro atoms. The molecular formula is C10H14F2N2. The third-order valence-electron chi connectivity index (χ3n) is 2.16. The summed E-state index contributed by atoms with van der Waals surface area (Å²) in [6.45, 7) is 3.77. The zero-order chi connectivity index (χ0) is 10.7. The number of hydrogen-bond donors (Lipinski definition) is 2. The Morgan fingerprint density at radius 3 is 2.43 bits per heavy atom. The normalized spacial score (nSPS) is 13.3. The Morgan fingerprint density at radius 1 is 1.29 bits per heavy atom. The minimum absolute atomic E-state index is 0.0938. The molecule has 4 heteroatoms. The van der Waals surface area contributed by atoms with E-state index in [1.54, 1.807) is 0 Å². The topological polar surface area (TPSA) is 38.0 Å². The smallest absolute Gasteiger partial charge is 0.163 e. The van der Waals surface area contributed by atoms with Crippen LogP contribution in [-0.4, -0.2) is 0 Å². The van der Waals surface area contributed by atoms with Gasteiger partial charge in [-0.2, -0.15) is 0 Å². The van der Waals surface area contributed by atoms with Gasteiger partial charge >= 0.3 is 0 Å². The molecule has 0 fully saturated rings. The largest absolute Gasteiger partial charge is 0.271 e. The summed E-state index contributed by atoms with van der Waals surface area (Å²) in [6, 6.07) is 3.72. The highest BCUT2D eigenvalue weighted by Gasteiger charge is 2.19. The van der Waals surface area contributed by atoms with Crippen molar-refractivity contribution in [2.75, 3.05) is 0 Å². The van der Waals surface area contributed by atoms with Crippen LogP contribution in [-0.2, 0) is 0 Å². The van der Waals surface area contributed by atoms with Crippen LogP contribution < -0.4 is 11.3 Å². The lowest BCUT2D eigenvalue weighted by Crippen LogP contribution is -2.32. The van der Waals surface area contributed by atoms with E-state index in [-0.39, 0.29) is 17.5 Å². The Bertz CT molecular complexity index is 313. The van der Waals surface area contributed by atoms with Crippen molar-refractivity contribution in [3.05, 3.63) is 35.4 Å². The van der Waals surface area contributed by atoms with E-state index in [9.17, 15) is 8.78 Å². The van der Waals surface area contributed by atoms with Crippen LogP contribution in [0, 0.1) is 17.6 Å². The average Bonchev–Trinajstić information content (AvgIpc) is 2.13. The minimum atomic E-state index is -0.844. The highest BCUT2D eigenvalue weighted by molar-refractivity contribution is 5.22. The van der Waals surface area contributed by atoms with Gasteiger partial charge in [0, 0.05) is 5.56 Å². The van der Waals surface area contributed by atoms with Crippen LogP contribution in [0.2, 0.25) is 0 Å². The van der Waals surface area contributed by atoms with Crippen LogP contribution in [0.1, 0.15) is 25.5 Å². The molecule has 1 rings (SSSR count). The summed E-state index contributed by atoms with van der Waals surface area (Å²) in [5.41, 5.74) is 2.75. The molecule has 78 valence electrons. The van der Waals surface area contributed by atoms with E-state index in [0.29, 0.717) is 0 Å². The molecule has 0 aliphatic carbocycles. The standard InChI is InChI=1S/C10H14F2N2/c1-6(2)10(14-13)7-4-3-5-8(11)9(7)12/h3-6,10,14H,13H2,1-2H3. The Labute approximate surface area is 82.1 Å². The second kappa shape index (κ2) is 4.48. The molecule has 0 heterocycles. The van der Waals surface area contributed by atoms with E-state index >= 15 is 0 Å². The molecule has 1 aromatic carbocycles. The lowest BCUT2D eigenvalue weighted by atomic mass is 9.96. The molecule has 0 radical (unpaired) electrons. The average molecular weight is 200 g/mol. The Kier molecular flexibility index (Phi) is 3.55. The molecule has 0 bridgehead atoms. The van der Waals surface area contributed by atoms with Crippen molar-refractivity contribution < 1.29 is 8.78 Å². The van der Waals surface area contributed by atoms with Crippen molar-refractivity contribution in [1.82, 2.24) is 5.43 Å². The molecule has 3 N–H and O–H groups in total. The Hall–Kier alpha value is -1.00. The fourth-order valence-corrected chi connectivity index (χ4v) is 1.40. The summed E-state index contributed by atoms with van der Waals surface area (Å²) < 4.78 is 26.2. The number of hydrazine groups is 1. The summed E-state index contributed by atoms with van der Waals surface area (Å²) in [7, 11) is 0. The molecule has 1 atom stereocenters. The van der Waals surface area contributed by atoms with Gasteiger partial charge in [0.05, 0.1) is 6.04 Å². The van der Waals surface area contributed by atoms with E-state index < -0.39 is 11.6 Å². The maximum Gasteiger partial charge on any atom is 0.163 e. The molecule has 0 aromatic heterocycles. The predicted octanol–water partition coefficient (Wildman–Crippen LogP) is 2.13. The van der Waals surface area contributed by atoms with E-state index in [1.165, 1.54) is 12.1 Å². The summed E-state index contributed by atoms with van der Waals surface area (Å²) >= 11 is 0. The number of rotatable bonds is 3. The minimum Gasteiger partial charge on any atom is -0.271 e. The maximum absolute atomic E-state index is 13.3. The van der Waals surface area contributed by atoms with Crippen LogP contribution >= 0.6 is 0 Å². The van der Waals surface area contributed by atoms with Crippen molar-refractivity contribution in [3.63, 3.8) is 0 Å². The lowest BCUT2D eigenvalue weighted by molar-refractivity contribution is 0.394. The Balaban J connectivity index is 3.10. The van der Waals surface area contributed by atoms with Crippen LogP contribution in [0.25, 0.3) is 0 Å². The van der Waals surface area contributed by atoms with Gasteiger partial charge in [0.2, 0.25) is 0 Å². The van der Waals surface area contributed by atoms with Crippen LogP contribution in [0.4, 0.5) is 8.78 Å². The van der Waals surface area contributed by atoms with Crippen molar-refractivity contribution >= 4 is 0 Å². The van der Waals surface area contributed by atoms with Gasteiger partial charge in [-0.1, -0.05) is 26.0 Å². The Morgan fingerprint density at radius 2 is 1.93 bits per heavy atom. The van der Waals surface area contributed by atoms with Crippen molar-refractivity contribution in [2.45, 2.75) is 19.9 Å². The number of hydrogen-bond acceptors (Lipinski definition) is 2. The highest BCUT2D eigenvalue weighted by Crippen LogP contribution is 2.24. The first-order chi connectivity index (χ1) is 6.57. The monoisotopic (exact) mass is 200 g/mol. The number of benzene rings is 1. The van der Waals surface area contributed by atoms with Crippen LogP contribution in [0.3, 0.4) is 0 Å². The van der Waals surface area contributed by atoms with Gasteiger partial charge in [0.1, 0.15) is 0 Å². The zero-order valence-electron chi connectivity index (χ0n) is 8.22. The third kappa shape index (κ3) is 2.08. The second-order valence-corrected chi connectivity index (χ2v) is 3.53. The van der Waals surface area contributed by atoms with Gasteiger partial charge in [-0.05, 0) is 12.0 Å². The first-order valence-electron chi connectivity index (χ1n) is 4.48. The van der Waals surface area contributed by atoms with Crippen LogP contribution in [0.5, 0.6) is 0 Å². The summed E-state index contributed by atoms with van der Waals surface area (Å²) in [4.78, 5) is 0. The fraction of sp³-hybridized carbons (Fsp3) is 0.400. The molecule has 0 aliphatic rings. The maximum atomic E-state index is 13.3. The van der Waals surface area contributed by atoms with Gasteiger partial charge < -0.3 is 0 Å². The molecule has 0 saturated heterocycles. The predicted molar refractivity (Wildman–Crippen MR) is 51.3 cm³/mol. The molecular weight excluding hydrogens is 186 g/mol. The molecule has 0 aliphatic heterocycles. The summed E-state index contributed by atoms with van der Waals surface area (Å²) in [5, 5.41) is 0. The number of nitrogens with two attached hydrogens (primary N) is 1. The summed E-state index contributed by atoms with van der Waals surface area (Å²) in [5.74, 6) is 3.71. The quantitative estimate of drug-likeness (QED) is 0.579. The zero-order valence-corrected chi connectivity index (χ0v) is 8.22. The number of halogens is 2. The van der Waals surface area contributed by atoms with Crippen LogP contribution in [0.15, 0.2) is 18.2 Å². The van der Waals surface area contributed by atoms with Gasteiger partial charge in [-0.3, -0.25) is 11.3 Å². The van der Waals surface area contributed by atoms with E-state index in [4.69, 9.17) is 5.84 Å². The molecule has 0 amide bonds. The summed E-state index contributed by atoms with van der Waals surface area (Å²) in [6.07, 6.45) is 0. The van der Waals surface area contributed by atoms with E-state index in [2.05, 4.69) is 5.43 Å². The third-order valence-corrected chi connectivity index (χ3v) is 2.16. The van der Waals surface area contributed by atoms with Gasteiger partial charge in [0.25, 0.3) is 0 Å². The molecule has 0 saturated carbocycles. The van der Waals surface area contributed by atoms with Crippen molar-refractivity contribution in [1.29, 1.82) is 0 Å².